The second-order valence-electron chi connectivity index (χ2n) is 5.20. The van der Waals surface area contributed by atoms with Crippen LogP contribution in [0.25, 0.3) is 0 Å². The summed E-state index contributed by atoms with van der Waals surface area (Å²) in [5, 5.41) is 3.78. The third-order valence-electron chi connectivity index (χ3n) is 3.67. The summed E-state index contributed by atoms with van der Waals surface area (Å²) in [6.45, 7) is 2.23. The van der Waals surface area contributed by atoms with E-state index >= 15 is 0 Å². The van der Waals surface area contributed by atoms with E-state index in [0.29, 0.717) is 11.6 Å². The highest BCUT2D eigenvalue weighted by molar-refractivity contribution is 6.30. The molecule has 0 heterocycles. The molecule has 0 saturated carbocycles. The van der Waals surface area contributed by atoms with Gasteiger partial charge in [-0.15, -0.1) is 0 Å². The molecule has 2 aromatic carbocycles. The van der Waals surface area contributed by atoms with Crippen LogP contribution in [0.1, 0.15) is 18.1 Å². The second-order valence-corrected chi connectivity index (χ2v) is 5.64. The van der Waals surface area contributed by atoms with E-state index in [-0.39, 0.29) is 0 Å². The van der Waals surface area contributed by atoms with Crippen molar-refractivity contribution in [2.45, 2.75) is 19.0 Å². The van der Waals surface area contributed by atoms with Crippen molar-refractivity contribution in [2.24, 2.45) is 5.73 Å². The van der Waals surface area contributed by atoms with Gasteiger partial charge in [0, 0.05) is 11.6 Å². The van der Waals surface area contributed by atoms with Crippen molar-refractivity contribution in [3.8, 4) is 5.75 Å². The molecular formula is C17H19ClN2O2. The molecule has 0 spiro atoms. The predicted molar refractivity (Wildman–Crippen MR) is 87.8 cm³/mol. The van der Waals surface area contributed by atoms with Crippen LogP contribution in [0.5, 0.6) is 5.75 Å². The van der Waals surface area contributed by atoms with Crippen molar-refractivity contribution in [2.75, 3.05) is 7.11 Å². The molecule has 2 aromatic rings. The number of carbonyl (C=O) groups is 1. The molecule has 0 aromatic heterocycles. The predicted octanol–water partition coefficient (Wildman–Crippen LogP) is 2.84. The number of nitrogens with one attached hydrogen (secondary N) is 1. The Balaban J connectivity index is 2.23. The van der Waals surface area contributed by atoms with E-state index in [0.717, 1.165) is 16.9 Å². The molecule has 116 valence electrons. The maximum atomic E-state index is 12.0. The summed E-state index contributed by atoms with van der Waals surface area (Å²) in [4.78, 5) is 12.0. The van der Waals surface area contributed by atoms with E-state index in [2.05, 4.69) is 5.32 Å². The number of amides is 1. The summed E-state index contributed by atoms with van der Waals surface area (Å²) >= 11 is 6.02. The lowest BCUT2D eigenvalue weighted by molar-refractivity contribution is -0.124. The number of carbonyl (C=O) groups excluding carboxylic acids is 1. The quantitative estimate of drug-likeness (QED) is 0.860. The van der Waals surface area contributed by atoms with Crippen LogP contribution in [-0.2, 0) is 16.9 Å². The van der Waals surface area contributed by atoms with Crippen molar-refractivity contribution >= 4 is 17.5 Å². The van der Waals surface area contributed by atoms with Gasteiger partial charge in [0.05, 0.1) is 7.11 Å². The smallest absolute Gasteiger partial charge is 0.242 e. The van der Waals surface area contributed by atoms with Gasteiger partial charge in [-0.1, -0.05) is 35.9 Å². The van der Waals surface area contributed by atoms with Crippen LogP contribution in [0, 0.1) is 0 Å². The first-order chi connectivity index (χ1) is 10.5. The molecular weight excluding hydrogens is 300 g/mol. The maximum absolute atomic E-state index is 12.0. The first kappa shape index (κ1) is 16.3. The second kappa shape index (κ2) is 6.81. The molecule has 1 atom stereocenters. The van der Waals surface area contributed by atoms with Crippen LogP contribution >= 0.6 is 11.6 Å². The Morgan fingerprint density at radius 1 is 1.27 bits per heavy atom. The van der Waals surface area contributed by atoms with Crippen LogP contribution in [0.3, 0.4) is 0 Å². The zero-order valence-electron chi connectivity index (χ0n) is 12.6. The number of ether oxygens (including phenoxy) is 1. The molecule has 0 fully saturated rings. The van der Waals surface area contributed by atoms with Gasteiger partial charge in [-0.3, -0.25) is 10.1 Å². The monoisotopic (exact) mass is 318 g/mol. The lowest BCUT2D eigenvalue weighted by Crippen LogP contribution is -2.50. The van der Waals surface area contributed by atoms with E-state index in [4.69, 9.17) is 22.1 Å². The van der Waals surface area contributed by atoms with Crippen LogP contribution in [-0.4, -0.2) is 13.0 Å². The molecule has 0 saturated heterocycles. The van der Waals surface area contributed by atoms with Gasteiger partial charge < -0.3 is 10.5 Å². The summed E-state index contributed by atoms with van der Waals surface area (Å²) in [5.41, 5.74) is 6.32. The molecule has 0 aliphatic carbocycles. The molecule has 1 amide bonds. The third-order valence-corrected chi connectivity index (χ3v) is 3.91. The van der Waals surface area contributed by atoms with Crippen molar-refractivity contribution in [3.63, 3.8) is 0 Å². The number of hydrogen-bond acceptors (Lipinski definition) is 3. The normalized spacial score (nSPS) is 13.4. The highest BCUT2D eigenvalue weighted by Gasteiger charge is 2.32. The first-order valence-electron chi connectivity index (χ1n) is 6.89. The molecule has 5 heteroatoms. The minimum absolute atomic E-state index is 0.460. The largest absolute Gasteiger partial charge is 0.497 e. The van der Waals surface area contributed by atoms with E-state index < -0.39 is 11.4 Å². The van der Waals surface area contributed by atoms with Crippen LogP contribution in [0.2, 0.25) is 5.02 Å². The van der Waals surface area contributed by atoms with E-state index in [9.17, 15) is 4.79 Å². The minimum atomic E-state index is -1.01. The molecule has 3 N–H and O–H groups in total. The molecule has 4 nitrogen and oxygen atoms in total. The lowest BCUT2D eigenvalue weighted by Gasteiger charge is -2.28. The minimum Gasteiger partial charge on any atom is -0.497 e. The zero-order chi connectivity index (χ0) is 16.2. The van der Waals surface area contributed by atoms with Gasteiger partial charge in [0.25, 0.3) is 0 Å². The van der Waals surface area contributed by atoms with Gasteiger partial charge in [-0.25, -0.2) is 0 Å². The van der Waals surface area contributed by atoms with Gasteiger partial charge in [0.15, 0.2) is 0 Å². The summed E-state index contributed by atoms with van der Waals surface area (Å²) in [6.07, 6.45) is 0. The van der Waals surface area contributed by atoms with Gasteiger partial charge in [-0.2, -0.15) is 0 Å². The highest BCUT2D eigenvalue weighted by atomic mass is 35.5. The van der Waals surface area contributed by atoms with E-state index in [1.165, 1.54) is 0 Å². The molecule has 0 radical (unpaired) electrons. The Morgan fingerprint density at radius 3 is 2.64 bits per heavy atom. The SMILES string of the molecule is COc1cccc(CN[C@@](C)(C(N)=O)c2cccc(Cl)c2)c1. The number of nitrogens with two attached hydrogens (primary N) is 1. The van der Waals surface area contributed by atoms with Crippen LogP contribution in [0.15, 0.2) is 48.5 Å². The van der Waals surface area contributed by atoms with E-state index in [1.54, 1.807) is 32.2 Å². The third kappa shape index (κ3) is 3.59. The summed E-state index contributed by atoms with van der Waals surface area (Å²) in [6, 6.07) is 14.8. The van der Waals surface area contributed by atoms with Crippen molar-refractivity contribution < 1.29 is 9.53 Å². The summed E-state index contributed by atoms with van der Waals surface area (Å²) in [7, 11) is 1.62. The number of halogens is 1. The Morgan fingerprint density at radius 2 is 2.00 bits per heavy atom. The fraction of sp³-hybridized carbons (Fsp3) is 0.235. The van der Waals surface area contributed by atoms with Gasteiger partial charge in [-0.05, 0) is 42.3 Å². The zero-order valence-corrected chi connectivity index (χ0v) is 13.4. The topological polar surface area (TPSA) is 64.3 Å². The molecule has 0 aliphatic heterocycles. The van der Waals surface area contributed by atoms with Gasteiger partial charge >= 0.3 is 0 Å². The number of hydrogen-bond donors (Lipinski definition) is 2. The lowest BCUT2D eigenvalue weighted by atomic mass is 9.91. The first-order valence-corrected chi connectivity index (χ1v) is 7.27. The maximum Gasteiger partial charge on any atom is 0.242 e. The number of rotatable bonds is 6. The Labute approximate surface area is 135 Å². The summed E-state index contributed by atoms with van der Waals surface area (Å²) < 4.78 is 5.20. The fourth-order valence-corrected chi connectivity index (χ4v) is 2.38. The fourth-order valence-electron chi connectivity index (χ4n) is 2.19. The van der Waals surface area contributed by atoms with Gasteiger partial charge in [0.1, 0.15) is 11.3 Å². The number of methoxy groups -OCH3 is 1. The van der Waals surface area contributed by atoms with Gasteiger partial charge in [0.2, 0.25) is 5.91 Å². The average Bonchev–Trinajstić information content (AvgIpc) is 2.52. The molecule has 0 unspecified atom stereocenters. The average molecular weight is 319 g/mol. The standard InChI is InChI=1S/C17H19ClN2O2/c1-17(16(19)21,13-6-4-7-14(18)10-13)20-11-12-5-3-8-15(9-12)22-2/h3-10,20H,11H2,1-2H3,(H2,19,21)/t17-/m1/s1. The molecule has 2 rings (SSSR count). The number of benzene rings is 2. The Hall–Kier alpha value is -2.04. The summed E-state index contributed by atoms with van der Waals surface area (Å²) in [5.74, 6) is 0.306. The molecule has 0 bridgehead atoms. The van der Waals surface area contributed by atoms with Crippen LogP contribution in [0.4, 0.5) is 0 Å². The molecule has 0 aliphatic rings. The number of primary amides is 1. The van der Waals surface area contributed by atoms with Crippen molar-refractivity contribution in [1.29, 1.82) is 0 Å². The van der Waals surface area contributed by atoms with Crippen molar-refractivity contribution in [3.05, 3.63) is 64.7 Å². The van der Waals surface area contributed by atoms with Crippen LogP contribution < -0.4 is 15.8 Å². The Kier molecular flexibility index (Phi) is 5.06. The van der Waals surface area contributed by atoms with E-state index in [1.807, 2.05) is 30.3 Å². The van der Waals surface area contributed by atoms with Crippen molar-refractivity contribution in [1.82, 2.24) is 5.32 Å². The highest BCUT2D eigenvalue weighted by Crippen LogP contribution is 2.24. The molecule has 22 heavy (non-hydrogen) atoms. The Bertz CT molecular complexity index is 675.